The number of hydrogen-bond acceptors (Lipinski definition) is 5. The normalized spacial score (nSPS) is 14.2. The van der Waals surface area contributed by atoms with E-state index in [9.17, 15) is 26.3 Å². The summed E-state index contributed by atoms with van der Waals surface area (Å²) < 4.78 is 78.2. The summed E-state index contributed by atoms with van der Waals surface area (Å²) in [5.41, 5.74) is -0.927. The van der Waals surface area contributed by atoms with Gasteiger partial charge in [-0.2, -0.15) is 26.3 Å². The van der Waals surface area contributed by atoms with Crippen LogP contribution in [0.4, 0.5) is 37.8 Å². The Bertz CT molecular complexity index is 1250. The Morgan fingerprint density at radius 2 is 1.70 bits per heavy atom. The molecule has 12 heteroatoms. The number of pyridine rings is 3. The molecule has 0 saturated carbocycles. The monoisotopic (exact) mass is 483 g/mol. The molecule has 1 N–H and O–H groups in total. The van der Waals surface area contributed by atoms with Crippen molar-refractivity contribution in [2.45, 2.75) is 18.8 Å². The second-order valence-corrected chi connectivity index (χ2v) is 7.31. The first kappa shape index (κ1) is 22.7. The number of nitrogens with zero attached hydrogens (tertiary/aromatic N) is 4. The maximum atomic E-state index is 13.4. The van der Waals surface area contributed by atoms with Crippen molar-refractivity contribution in [3.63, 3.8) is 0 Å². The van der Waals surface area contributed by atoms with E-state index < -0.39 is 23.5 Å². The Kier molecular flexibility index (Phi) is 5.83. The SMILES string of the molecule is FC(F)(F)c1ccc(NC2=CC(Cl)=Nc3cc(-c4ncccc4C(F)(F)F)cnc3C2)nc1. The molecule has 0 aliphatic carbocycles. The summed E-state index contributed by atoms with van der Waals surface area (Å²) in [5.74, 6) is 0.141. The van der Waals surface area contributed by atoms with Crippen molar-refractivity contribution in [1.29, 1.82) is 0 Å². The first-order chi connectivity index (χ1) is 15.5. The van der Waals surface area contributed by atoms with Crippen LogP contribution in [-0.4, -0.2) is 20.1 Å². The minimum atomic E-state index is -4.61. The van der Waals surface area contributed by atoms with Crippen molar-refractivity contribution in [3.05, 3.63) is 77.5 Å². The van der Waals surface area contributed by atoms with Gasteiger partial charge in [0, 0.05) is 36.3 Å². The van der Waals surface area contributed by atoms with Crippen LogP contribution < -0.4 is 5.32 Å². The molecule has 5 nitrogen and oxygen atoms in total. The van der Waals surface area contributed by atoms with E-state index in [1.165, 1.54) is 30.6 Å². The Balaban J connectivity index is 1.62. The first-order valence-electron chi connectivity index (χ1n) is 9.27. The molecule has 3 aromatic rings. The van der Waals surface area contributed by atoms with Crippen molar-refractivity contribution >= 4 is 28.3 Å². The summed E-state index contributed by atoms with van der Waals surface area (Å²) in [5, 5.41) is 2.86. The van der Waals surface area contributed by atoms with E-state index in [0.717, 1.165) is 18.2 Å². The smallest absolute Gasteiger partial charge is 0.343 e. The van der Waals surface area contributed by atoms with Crippen molar-refractivity contribution in [1.82, 2.24) is 15.0 Å². The van der Waals surface area contributed by atoms with Gasteiger partial charge in [0.05, 0.1) is 28.2 Å². The van der Waals surface area contributed by atoms with Crippen molar-refractivity contribution in [2.24, 2.45) is 4.99 Å². The van der Waals surface area contributed by atoms with Gasteiger partial charge in [0.2, 0.25) is 0 Å². The molecular weight excluding hydrogens is 472 g/mol. The highest BCUT2D eigenvalue weighted by Crippen LogP contribution is 2.37. The fourth-order valence-corrected chi connectivity index (χ4v) is 3.33. The lowest BCUT2D eigenvalue weighted by Gasteiger charge is -2.13. The van der Waals surface area contributed by atoms with Gasteiger partial charge in [-0.3, -0.25) is 9.97 Å². The van der Waals surface area contributed by atoms with Crippen LogP contribution in [0.3, 0.4) is 0 Å². The molecule has 1 aliphatic rings. The molecule has 0 spiro atoms. The Labute approximate surface area is 187 Å². The van der Waals surface area contributed by atoms with Gasteiger partial charge in [0.25, 0.3) is 0 Å². The predicted molar refractivity (Wildman–Crippen MR) is 110 cm³/mol. The zero-order chi connectivity index (χ0) is 23.8. The number of fused-ring (bicyclic) bond motifs is 1. The zero-order valence-corrected chi connectivity index (χ0v) is 17.1. The van der Waals surface area contributed by atoms with Crippen LogP contribution in [0.2, 0.25) is 0 Å². The van der Waals surface area contributed by atoms with E-state index in [4.69, 9.17) is 11.6 Å². The van der Waals surface area contributed by atoms with E-state index in [1.54, 1.807) is 0 Å². The molecule has 0 saturated heterocycles. The van der Waals surface area contributed by atoms with Gasteiger partial charge in [-0.05, 0) is 36.4 Å². The number of allylic oxidation sites excluding steroid dienone is 2. The van der Waals surface area contributed by atoms with E-state index >= 15 is 0 Å². The highest BCUT2D eigenvalue weighted by molar-refractivity contribution is 6.68. The summed E-state index contributed by atoms with van der Waals surface area (Å²) in [6.45, 7) is 0. The topological polar surface area (TPSA) is 63.1 Å². The van der Waals surface area contributed by atoms with Crippen LogP contribution in [0.25, 0.3) is 11.3 Å². The minimum absolute atomic E-state index is 0.000762. The molecule has 0 unspecified atom stereocenters. The molecule has 4 rings (SSSR count). The Morgan fingerprint density at radius 1 is 0.909 bits per heavy atom. The molecule has 0 atom stereocenters. The van der Waals surface area contributed by atoms with Crippen LogP contribution in [0.15, 0.2) is 65.7 Å². The number of anilines is 1. The number of alkyl halides is 6. The van der Waals surface area contributed by atoms with Crippen LogP contribution >= 0.6 is 11.6 Å². The van der Waals surface area contributed by atoms with Crippen LogP contribution in [0, 0.1) is 0 Å². The van der Waals surface area contributed by atoms with Crippen LogP contribution in [0.1, 0.15) is 16.8 Å². The summed E-state index contributed by atoms with van der Waals surface area (Å²) in [4.78, 5) is 16.0. The van der Waals surface area contributed by atoms with Gasteiger partial charge in [-0.25, -0.2) is 9.98 Å². The fraction of sp³-hybridized carbons (Fsp3) is 0.143. The second-order valence-electron chi connectivity index (χ2n) is 6.92. The highest BCUT2D eigenvalue weighted by atomic mass is 35.5. The molecule has 3 aromatic heterocycles. The number of rotatable bonds is 3. The van der Waals surface area contributed by atoms with E-state index in [2.05, 4.69) is 25.3 Å². The molecule has 170 valence electrons. The molecule has 0 bridgehead atoms. The number of aliphatic imine (C=N–C) groups is 1. The fourth-order valence-electron chi connectivity index (χ4n) is 3.11. The second kappa shape index (κ2) is 8.47. The third-order valence-corrected chi connectivity index (χ3v) is 4.79. The van der Waals surface area contributed by atoms with Crippen molar-refractivity contribution in [2.75, 3.05) is 5.32 Å². The van der Waals surface area contributed by atoms with Gasteiger partial charge in [-0.15, -0.1) is 0 Å². The number of nitrogens with one attached hydrogen (secondary N) is 1. The quantitative estimate of drug-likeness (QED) is 0.438. The first-order valence-corrected chi connectivity index (χ1v) is 9.65. The largest absolute Gasteiger partial charge is 0.418 e. The maximum Gasteiger partial charge on any atom is 0.418 e. The number of aromatic nitrogens is 3. The summed E-state index contributed by atoms with van der Waals surface area (Å²) in [7, 11) is 0. The standard InChI is InChI=1S/C21H12ClF6N5/c22-17-8-13(32-18-4-3-12(10-31-18)20(23,24)25)7-15-16(33-17)6-11(9-30-15)19-14(21(26,27)28)2-1-5-29-19/h1-6,8-10H,7H2,(H,31,32). The molecule has 0 amide bonds. The highest BCUT2D eigenvalue weighted by Gasteiger charge is 2.34. The summed E-state index contributed by atoms with van der Waals surface area (Å²) in [6, 6.07) is 5.55. The van der Waals surface area contributed by atoms with E-state index in [1.807, 2.05) is 0 Å². The molecule has 0 radical (unpaired) electrons. The maximum absolute atomic E-state index is 13.4. The van der Waals surface area contributed by atoms with Gasteiger partial charge in [0.15, 0.2) is 0 Å². The molecule has 1 aliphatic heterocycles. The zero-order valence-electron chi connectivity index (χ0n) is 16.3. The van der Waals surface area contributed by atoms with Gasteiger partial charge in [0.1, 0.15) is 11.0 Å². The number of hydrogen-bond donors (Lipinski definition) is 1. The van der Waals surface area contributed by atoms with Crippen LogP contribution in [-0.2, 0) is 18.8 Å². The lowest BCUT2D eigenvalue weighted by molar-refractivity contribution is -0.138. The lowest BCUT2D eigenvalue weighted by Crippen LogP contribution is -2.09. The molecule has 0 fully saturated rings. The van der Waals surface area contributed by atoms with Crippen molar-refractivity contribution in [3.8, 4) is 11.3 Å². The Morgan fingerprint density at radius 3 is 2.36 bits per heavy atom. The molecule has 33 heavy (non-hydrogen) atoms. The average Bonchev–Trinajstić information content (AvgIpc) is 2.89. The average molecular weight is 484 g/mol. The van der Waals surface area contributed by atoms with Crippen LogP contribution in [0.5, 0.6) is 0 Å². The predicted octanol–water partition coefficient (Wildman–Crippen LogP) is 6.40. The van der Waals surface area contributed by atoms with Gasteiger partial charge in [-0.1, -0.05) is 11.6 Å². The Hall–Kier alpha value is -3.47. The van der Waals surface area contributed by atoms with Gasteiger partial charge < -0.3 is 5.32 Å². The minimum Gasteiger partial charge on any atom is -0.343 e. The van der Waals surface area contributed by atoms with Crippen molar-refractivity contribution < 1.29 is 26.3 Å². The third-order valence-electron chi connectivity index (χ3n) is 4.59. The molecule has 0 aromatic carbocycles. The summed E-state index contributed by atoms with van der Waals surface area (Å²) >= 11 is 6.14. The third kappa shape index (κ3) is 5.14. The number of halogens is 7. The van der Waals surface area contributed by atoms with Gasteiger partial charge >= 0.3 is 12.4 Å². The molecule has 4 heterocycles. The van der Waals surface area contributed by atoms with E-state index in [0.29, 0.717) is 17.6 Å². The summed E-state index contributed by atoms with van der Waals surface area (Å²) in [6.07, 6.45) is -4.37. The molecular formula is C21H12ClF6N5. The lowest BCUT2D eigenvalue weighted by atomic mass is 10.1. The van der Waals surface area contributed by atoms with E-state index in [-0.39, 0.29) is 34.4 Å².